The predicted octanol–water partition coefficient (Wildman–Crippen LogP) is 3.91. The van der Waals surface area contributed by atoms with E-state index < -0.39 is 0 Å². The first kappa shape index (κ1) is 17.0. The molecule has 1 aromatic rings. The fraction of sp³-hybridized carbons (Fsp3) is 0.600. The van der Waals surface area contributed by atoms with Crippen molar-refractivity contribution in [3.63, 3.8) is 0 Å². The first-order valence-electron chi connectivity index (χ1n) is 6.80. The molecule has 0 amide bonds. The summed E-state index contributed by atoms with van der Waals surface area (Å²) in [6.45, 7) is 4.93. The highest BCUT2D eigenvalue weighted by molar-refractivity contribution is 9.10. The van der Waals surface area contributed by atoms with E-state index in [-0.39, 0.29) is 0 Å². The van der Waals surface area contributed by atoms with Crippen LogP contribution < -0.4 is 5.32 Å². The Hall–Kier alpha value is -0.0300. The van der Waals surface area contributed by atoms with Crippen molar-refractivity contribution in [1.29, 1.82) is 0 Å². The topological polar surface area (TPSA) is 21.3 Å². The largest absolute Gasteiger partial charge is 0.383 e. The highest BCUT2D eigenvalue weighted by atomic mass is 79.9. The normalized spacial score (nSPS) is 12.6. The van der Waals surface area contributed by atoms with Gasteiger partial charge < -0.3 is 10.1 Å². The van der Waals surface area contributed by atoms with E-state index in [1.165, 1.54) is 23.5 Å². The van der Waals surface area contributed by atoms with Crippen LogP contribution in [0, 0.1) is 0 Å². The van der Waals surface area contributed by atoms with Crippen molar-refractivity contribution in [1.82, 2.24) is 5.32 Å². The van der Waals surface area contributed by atoms with Gasteiger partial charge in [0, 0.05) is 24.7 Å². The Kier molecular flexibility index (Phi) is 9.61. The van der Waals surface area contributed by atoms with Crippen LogP contribution in [0.2, 0.25) is 0 Å². The molecule has 0 heterocycles. The molecule has 4 heteroatoms. The molecule has 0 spiro atoms. The maximum Gasteiger partial charge on any atom is 0.0587 e. The lowest BCUT2D eigenvalue weighted by molar-refractivity contribution is 0.199. The van der Waals surface area contributed by atoms with Gasteiger partial charge in [-0.25, -0.2) is 0 Å². The number of benzene rings is 1. The zero-order valence-corrected chi connectivity index (χ0v) is 14.2. The number of hydrogen-bond acceptors (Lipinski definition) is 3. The third-order valence-electron chi connectivity index (χ3n) is 3.01. The van der Waals surface area contributed by atoms with E-state index in [2.05, 4.69) is 52.4 Å². The lowest BCUT2D eigenvalue weighted by Crippen LogP contribution is -2.25. The van der Waals surface area contributed by atoms with Crippen LogP contribution in [0.15, 0.2) is 28.7 Å². The van der Waals surface area contributed by atoms with Crippen molar-refractivity contribution in [2.45, 2.75) is 19.3 Å². The monoisotopic (exact) mass is 345 g/mol. The summed E-state index contributed by atoms with van der Waals surface area (Å²) in [4.78, 5) is 0. The van der Waals surface area contributed by atoms with Gasteiger partial charge in [-0.15, -0.1) is 0 Å². The number of thioether (sulfide) groups is 1. The Morgan fingerprint density at radius 2 is 2.26 bits per heavy atom. The molecule has 0 radical (unpaired) electrons. The van der Waals surface area contributed by atoms with Gasteiger partial charge >= 0.3 is 0 Å². The molecule has 0 fully saturated rings. The molecular weight excluding hydrogens is 322 g/mol. The second-order valence-electron chi connectivity index (χ2n) is 4.43. The number of rotatable bonds is 10. The maximum absolute atomic E-state index is 5.07. The average Bonchev–Trinajstić information content (AvgIpc) is 2.41. The van der Waals surface area contributed by atoms with Gasteiger partial charge in [0.1, 0.15) is 0 Å². The summed E-state index contributed by atoms with van der Waals surface area (Å²) in [5.41, 5.74) is 1.41. The van der Waals surface area contributed by atoms with E-state index in [4.69, 9.17) is 4.74 Å². The molecule has 0 bridgehead atoms. The SMILES string of the molecule is CCSCCC(CNCCOC)c1cccc(Br)c1. The van der Waals surface area contributed by atoms with Crippen LogP contribution in [0.25, 0.3) is 0 Å². The van der Waals surface area contributed by atoms with Gasteiger partial charge in [-0.1, -0.05) is 35.0 Å². The van der Waals surface area contributed by atoms with Gasteiger partial charge in [-0.3, -0.25) is 0 Å². The van der Waals surface area contributed by atoms with Gasteiger partial charge in [0.05, 0.1) is 6.61 Å². The molecule has 1 atom stereocenters. The summed E-state index contributed by atoms with van der Waals surface area (Å²) >= 11 is 5.57. The van der Waals surface area contributed by atoms with Gasteiger partial charge in [0.2, 0.25) is 0 Å². The molecule has 0 aliphatic heterocycles. The molecule has 19 heavy (non-hydrogen) atoms. The number of nitrogens with one attached hydrogen (secondary N) is 1. The van der Waals surface area contributed by atoms with Crippen molar-refractivity contribution < 1.29 is 4.74 Å². The third kappa shape index (κ3) is 7.35. The molecule has 2 nitrogen and oxygen atoms in total. The van der Waals surface area contributed by atoms with Crippen LogP contribution in [0.1, 0.15) is 24.8 Å². The molecular formula is C15H24BrNOS. The van der Waals surface area contributed by atoms with E-state index in [0.717, 1.165) is 24.2 Å². The maximum atomic E-state index is 5.07. The quantitative estimate of drug-likeness (QED) is 0.649. The molecule has 1 unspecified atom stereocenters. The zero-order valence-electron chi connectivity index (χ0n) is 11.8. The Morgan fingerprint density at radius 1 is 1.42 bits per heavy atom. The number of hydrogen-bond donors (Lipinski definition) is 1. The molecule has 1 aromatic carbocycles. The van der Waals surface area contributed by atoms with Gasteiger partial charge in [0.25, 0.3) is 0 Å². The summed E-state index contributed by atoms with van der Waals surface area (Å²) in [5, 5.41) is 3.48. The van der Waals surface area contributed by atoms with E-state index in [9.17, 15) is 0 Å². The standard InChI is InChI=1S/C15H24BrNOS/c1-3-19-10-7-14(12-17-8-9-18-2)13-5-4-6-15(16)11-13/h4-6,11,14,17H,3,7-10,12H2,1-2H3. The highest BCUT2D eigenvalue weighted by Crippen LogP contribution is 2.24. The second-order valence-corrected chi connectivity index (χ2v) is 6.74. The summed E-state index contributed by atoms with van der Waals surface area (Å²) in [7, 11) is 1.74. The number of ether oxygens (including phenoxy) is 1. The molecule has 0 saturated carbocycles. The van der Waals surface area contributed by atoms with Crippen LogP contribution in [0.3, 0.4) is 0 Å². The van der Waals surface area contributed by atoms with Crippen molar-refractivity contribution in [2.24, 2.45) is 0 Å². The third-order valence-corrected chi connectivity index (χ3v) is 4.43. The lowest BCUT2D eigenvalue weighted by atomic mass is 9.96. The first-order chi connectivity index (χ1) is 9.27. The van der Waals surface area contributed by atoms with Gasteiger partial charge in [-0.05, 0) is 41.5 Å². The minimum atomic E-state index is 0.577. The summed E-state index contributed by atoms with van der Waals surface area (Å²) in [6, 6.07) is 8.66. The minimum Gasteiger partial charge on any atom is -0.383 e. The molecule has 0 aromatic heterocycles. The molecule has 1 N–H and O–H groups in total. The summed E-state index contributed by atoms with van der Waals surface area (Å²) in [6.07, 6.45) is 1.22. The fourth-order valence-electron chi connectivity index (χ4n) is 1.97. The molecule has 0 aliphatic carbocycles. The number of methoxy groups -OCH3 is 1. The van der Waals surface area contributed by atoms with E-state index in [1.54, 1.807) is 7.11 Å². The average molecular weight is 346 g/mol. The minimum absolute atomic E-state index is 0.577. The van der Waals surface area contributed by atoms with Crippen LogP contribution in [0.4, 0.5) is 0 Å². The first-order valence-corrected chi connectivity index (χ1v) is 8.75. The van der Waals surface area contributed by atoms with E-state index in [1.807, 2.05) is 11.8 Å². The molecule has 0 aliphatic rings. The van der Waals surface area contributed by atoms with E-state index in [0.29, 0.717) is 5.92 Å². The lowest BCUT2D eigenvalue weighted by Gasteiger charge is -2.18. The summed E-state index contributed by atoms with van der Waals surface area (Å²) < 4.78 is 6.23. The molecule has 1 rings (SSSR count). The predicted molar refractivity (Wildman–Crippen MR) is 89.2 cm³/mol. The number of halogens is 1. The Morgan fingerprint density at radius 3 is 2.95 bits per heavy atom. The van der Waals surface area contributed by atoms with Gasteiger partial charge in [-0.2, -0.15) is 11.8 Å². The highest BCUT2D eigenvalue weighted by Gasteiger charge is 2.11. The van der Waals surface area contributed by atoms with Crippen LogP contribution in [-0.2, 0) is 4.74 Å². The fourth-order valence-corrected chi connectivity index (χ4v) is 3.12. The van der Waals surface area contributed by atoms with Crippen molar-refractivity contribution in [2.75, 3.05) is 38.3 Å². The molecule has 108 valence electrons. The Labute approximate surface area is 129 Å². The van der Waals surface area contributed by atoms with Crippen molar-refractivity contribution in [3.05, 3.63) is 34.3 Å². The Balaban J connectivity index is 2.52. The zero-order chi connectivity index (χ0) is 13.9. The second kappa shape index (κ2) is 10.7. The Bertz CT molecular complexity index is 349. The molecule has 0 saturated heterocycles. The van der Waals surface area contributed by atoms with Crippen LogP contribution in [0.5, 0.6) is 0 Å². The summed E-state index contributed by atoms with van der Waals surface area (Å²) in [5.74, 6) is 3.00. The van der Waals surface area contributed by atoms with Crippen molar-refractivity contribution >= 4 is 27.7 Å². The van der Waals surface area contributed by atoms with Gasteiger partial charge in [0.15, 0.2) is 0 Å². The smallest absolute Gasteiger partial charge is 0.0587 e. The van der Waals surface area contributed by atoms with Crippen LogP contribution in [-0.4, -0.2) is 38.3 Å². The van der Waals surface area contributed by atoms with Crippen molar-refractivity contribution in [3.8, 4) is 0 Å². The van der Waals surface area contributed by atoms with E-state index >= 15 is 0 Å². The van der Waals surface area contributed by atoms with Crippen LogP contribution >= 0.6 is 27.7 Å².